The van der Waals surface area contributed by atoms with Gasteiger partial charge in [0.1, 0.15) is 40.3 Å². The summed E-state index contributed by atoms with van der Waals surface area (Å²) >= 11 is 1.12. The van der Waals surface area contributed by atoms with E-state index >= 15 is 0 Å². The van der Waals surface area contributed by atoms with Gasteiger partial charge in [-0.1, -0.05) is 17.7 Å². The molecule has 28 heavy (non-hydrogen) atoms. The average Bonchev–Trinajstić information content (AvgIpc) is 3.08. The number of hydrogen-bond donors (Lipinski definition) is 1. The van der Waals surface area contributed by atoms with E-state index in [1.807, 2.05) is 37.3 Å². The molecule has 0 bridgehead atoms. The van der Waals surface area contributed by atoms with Crippen molar-refractivity contribution in [2.75, 3.05) is 20.3 Å². The molecule has 0 amide bonds. The third-order valence-electron chi connectivity index (χ3n) is 4.04. The first-order valence-corrected chi connectivity index (χ1v) is 9.51. The summed E-state index contributed by atoms with van der Waals surface area (Å²) in [6, 6.07) is 13.2. The highest BCUT2D eigenvalue weighted by atomic mass is 32.1. The Balaban J connectivity index is 1.74. The fourth-order valence-electron chi connectivity index (χ4n) is 2.58. The standard InChI is InChI=1S/C21H21NO5S/c1-13-4-6-15(7-5-13)26-10-11-27-18-12-16(25-3)8-9-17(18)20-22-14(2)19(28-20)21(23)24/h4-9,12H,10-11H2,1-3H3,(H,23,24). The zero-order valence-corrected chi connectivity index (χ0v) is 16.7. The van der Waals surface area contributed by atoms with Crippen molar-refractivity contribution in [3.05, 3.63) is 58.6 Å². The van der Waals surface area contributed by atoms with Crippen molar-refractivity contribution >= 4 is 17.3 Å². The number of nitrogens with zero attached hydrogens (tertiary/aromatic N) is 1. The van der Waals surface area contributed by atoms with Crippen LogP contribution in [0.3, 0.4) is 0 Å². The molecule has 0 aliphatic carbocycles. The van der Waals surface area contributed by atoms with Crippen molar-refractivity contribution in [1.29, 1.82) is 0 Å². The number of aromatic nitrogens is 1. The van der Waals surface area contributed by atoms with Gasteiger partial charge in [0.2, 0.25) is 0 Å². The Hall–Kier alpha value is -3.06. The number of hydrogen-bond acceptors (Lipinski definition) is 6. The van der Waals surface area contributed by atoms with Gasteiger partial charge in [-0.3, -0.25) is 0 Å². The Kier molecular flexibility index (Phi) is 6.16. The molecule has 0 radical (unpaired) electrons. The number of carboxylic acid groups (broad SMARTS) is 1. The maximum atomic E-state index is 11.3. The molecule has 0 unspecified atom stereocenters. The summed E-state index contributed by atoms with van der Waals surface area (Å²) in [5.74, 6) is 1.01. The lowest BCUT2D eigenvalue weighted by Gasteiger charge is -2.12. The van der Waals surface area contributed by atoms with Gasteiger partial charge in [-0.25, -0.2) is 9.78 Å². The van der Waals surface area contributed by atoms with Gasteiger partial charge >= 0.3 is 5.97 Å². The highest BCUT2D eigenvalue weighted by molar-refractivity contribution is 7.17. The Morgan fingerprint density at radius 2 is 1.71 bits per heavy atom. The fourth-order valence-corrected chi connectivity index (χ4v) is 3.52. The molecule has 2 aromatic carbocycles. The average molecular weight is 399 g/mol. The van der Waals surface area contributed by atoms with Crippen molar-refractivity contribution in [3.63, 3.8) is 0 Å². The monoisotopic (exact) mass is 399 g/mol. The molecule has 0 fully saturated rings. The minimum atomic E-state index is -0.983. The number of aryl methyl sites for hydroxylation is 2. The van der Waals surface area contributed by atoms with Crippen molar-refractivity contribution in [1.82, 2.24) is 4.98 Å². The van der Waals surface area contributed by atoms with Crippen molar-refractivity contribution in [2.45, 2.75) is 13.8 Å². The molecule has 1 N–H and O–H groups in total. The minimum absolute atomic E-state index is 0.222. The van der Waals surface area contributed by atoms with Gasteiger partial charge in [-0.15, -0.1) is 11.3 Å². The zero-order valence-electron chi connectivity index (χ0n) is 15.9. The van der Waals surface area contributed by atoms with Crippen LogP contribution in [0.25, 0.3) is 10.6 Å². The number of thiazole rings is 1. The molecule has 0 aliphatic heterocycles. The van der Waals surface area contributed by atoms with Gasteiger partial charge in [0.15, 0.2) is 0 Å². The van der Waals surface area contributed by atoms with Crippen LogP contribution in [-0.2, 0) is 0 Å². The van der Waals surface area contributed by atoms with E-state index in [0.717, 1.165) is 22.6 Å². The predicted octanol–water partition coefficient (Wildman–Crippen LogP) is 4.59. The molecular formula is C21H21NO5S. The number of benzene rings is 2. The van der Waals surface area contributed by atoms with Crippen molar-refractivity contribution in [3.8, 4) is 27.8 Å². The Morgan fingerprint density at radius 3 is 2.36 bits per heavy atom. The van der Waals surface area contributed by atoms with Gasteiger partial charge in [-0.05, 0) is 38.1 Å². The van der Waals surface area contributed by atoms with Gasteiger partial charge in [0.25, 0.3) is 0 Å². The summed E-state index contributed by atoms with van der Waals surface area (Å²) in [6.07, 6.45) is 0. The minimum Gasteiger partial charge on any atom is -0.497 e. The number of carboxylic acids is 1. The number of carbonyl (C=O) groups is 1. The van der Waals surface area contributed by atoms with Crippen LogP contribution in [0.2, 0.25) is 0 Å². The quantitative estimate of drug-likeness (QED) is 0.558. The molecular weight excluding hydrogens is 378 g/mol. The summed E-state index contributed by atoms with van der Waals surface area (Å²) in [5.41, 5.74) is 2.37. The maximum Gasteiger partial charge on any atom is 0.347 e. The van der Waals surface area contributed by atoms with Gasteiger partial charge < -0.3 is 19.3 Å². The van der Waals surface area contributed by atoms with Crippen LogP contribution < -0.4 is 14.2 Å². The van der Waals surface area contributed by atoms with Crippen LogP contribution in [0.15, 0.2) is 42.5 Å². The van der Waals surface area contributed by atoms with Crippen LogP contribution in [0, 0.1) is 13.8 Å². The van der Waals surface area contributed by atoms with E-state index in [1.165, 1.54) is 5.56 Å². The van der Waals surface area contributed by atoms with Gasteiger partial charge in [0, 0.05) is 6.07 Å². The van der Waals surface area contributed by atoms with Crippen LogP contribution in [0.1, 0.15) is 20.9 Å². The Bertz CT molecular complexity index is 965. The van der Waals surface area contributed by atoms with E-state index < -0.39 is 5.97 Å². The lowest BCUT2D eigenvalue weighted by atomic mass is 10.2. The van der Waals surface area contributed by atoms with E-state index in [2.05, 4.69) is 4.98 Å². The molecule has 0 aliphatic rings. The second-order valence-corrected chi connectivity index (χ2v) is 7.11. The number of aromatic carboxylic acids is 1. The van der Waals surface area contributed by atoms with E-state index in [4.69, 9.17) is 14.2 Å². The van der Waals surface area contributed by atoms with E-state index in [9.17, 15) is 9.90 Å². The van der Waals surface area contributed by atoms with Gasteiger partial charge in [-0.2, -0.15) is 0 Å². The Morgan fingerprint density at radius 1 is 1.04 bits per heavy atom. The van der Waals surface area contributed by atoms with E-state index in [-0.39, 0.29) is 4.88 Å². The van der Waals surface area contributed by atoms with E-state index in [1.54, 1.807) is 26.2 Å². The largest absolute Gasteiger partial charge is 0.497 e. The number of ether oxygens (including phenoxy) is 3. The molecule has 0 atom stereocenters. The lowest BCUT2D eigenvalue weighted by Crippen LogP contribution is -2.09. The summed E-state index contributed by atoms with van der Waals surface area (Å²) < 4.78 is 16.9. The maximum absolute atomic E-state index is 11.3. The highest BCUT2D eigenvalue weighted by Gasteiger charge is 2.18. The van der Waals surface area contributed by atoms with Crippen LogP contribution in [-0.4, -0.2) is 36.4 Å². The third kappa shape index (κ3) is 4.61. The summed E-state index contributed by atoms with van der Waals surface area (Å²) in [7, 11) is 1.58. The highest BCUT2D eigenvalue weighted by Crippen LogP contribution is 2.37. The molecule has 0 saturated heterocycles. The SMILES string of the molecule is COc1ccc(-c2nc(C)c(C(=O)O)s2)c(OCCOc2ccc(C)cc2)c1. The molecule has 7 heteroatoms. The van der Waals surface area contributed by atoms with Crippen LogP contribution in [0.5, 0.6) is 17.2 Å². The molecule has 3 rings (SSSR count). The van der Waals surface area contributed by atoms with E-state index in [0.29, 0.717) is 35.4 Å². The molecule has 0 spiro atoms. The first-order valence-electron chi connectivity index (χ1n) is 8.69. The predicted molar refractivity (Wildman–Crippen MR) is 108 cm³/mol. The number of rotatable bonds is 8. The second-order valence-electron chi connectivity index (χ2n) is 6.11. The molecule has 1 heterocycles. The Labute approximate surface area is 167 Å². The zero-order chi connectivity index (χ0) is 20.1. The van der Waals surface area contributed by atoms with Crippen molar-refractivity contribution in [2.24, 2.45) is 0 Å². The molecule has 0 saturated carbocycles. The topological polar surface area (TPSA) is 77.9 Å². The molecule has 1 aromatic heterocycles. The first-order chi connectivity index (χ1) is 13.5. The summed E-state index contributed by atoms with van der Waals surface area (Å²) in [4.78, 5) is 15.9. The van der Waals surface area contributed by atoms with Crippen LogP contribution in [0.4, 0.5) is 0 Å². The van der Waals surface area contributed by atoms with Crippen LogP contribution >= 0.6 is 11.3 Å². The molecule has 3 aromatic rings. The smallest absolute Gasteiger partial charge is 0.347 e. The lowest BCUT2D eigenvalue weighted by molar-refractivity contribution is 0.0701. The first kappa shape index (κ1) is 19.7. The fraction of sp³-hybridized carbons (Fsp3) is 0.238. The van der Waals surface area contributed by atoms with Crippen molar-refractivity contribution < 1.29 is 24.1 Å². The number of methoxy groups -OCH3 is 1. The second kappa shape index (κ2) is 8.75. The van der Waals surface area contributed by atoms with Gasteiger partial charge in [0.05, 0.1) is 18.4 Å². The summed E-state index contributed by atoms with van der Waals surface area (Å²) in [5, 5.41) is 9.87. The molecule has 6 nitrogen and oxygen atoms in total. The summed E-state index contributed by atoms with van der Waals surface area (Å²) in [6.45, 7) is 4.40. The third-order valence-corrected chi connectivity index (χ3v) is 5.22. The molecule has 146 valence electrons. The normalized spacial score (nSPS) is 10.5.